The van der Waals surface area contributed by atoms with Gasteiger partial charge in [-0.05, 0) is 17.7 Å². The van der Waals surface area contributed by atoms with Crippen LogP contribution in [0.2, 0.25) is 0 Å². The van der Waals surface area contributed by atoms with Gasteiger partial charge in [0.1, 0.15) is 0 Å². The van der Waals surface area contributed by atoms with Crippen LogP contribution >= 0.6 is 46.8 Å². The zero-order valence-electron chi connectivity index (χ0n) is 7.73. The van der Waals surface area contributed by atoms with E-state index in [1.54, 1.807) is 12.1 Å². The van der Waals surface area contributed by atoms with Crippen molar-refractivity contribution in [3.63, 3.8) is 0 Å². The fraction of sp³-hybridized carbons (Fsp3) is 0.250. The summed E-state index contributed by atoms with van der Waals surface area (Å²) in [4.78, 5) is 9.90. The molecule has 0 saturated heterocycles. The Bertz CT molecular complexity index is 366. The molecule has 0 aliphatic carbocycles. The predicted octanol–water partition coefficient (Wildman–Crippen LogP) is 4.09. The van der Waals surface area contributed by atoms with Crippen molar-refractivity contribution in [3.8, 4) is 0 Å². The van der Waals surface area contributed by atoms with Crippen LogP contribution in [0.15, 0.2) is 24.3 Å². The molecule has 88 valence electrons. The van der Waals surface area contributed by atoms with E-state index in [0.29, 0.717) is 12.0 Å². The maximum absolute atomic E-state index is 10.4. The fourth-order valence-corrected chi connectivity index (χ4v) is 1.61. The first-order valence-corrected chi connectivity index (χ1v) is 5.87. The average molecular weight is 303 g/mol. The Labute approximate surface area is 111 Å². The molecule has 0 heterocycles. The predicted molar refractivity (Wildman–Crippen MR) is 65.8 cm³/mol. The van der Waals surface area contributed by atoms with Crippen LogP contribution in [0.1, 0.15) is 5.56 Å². The maximum Gasteiger partial charge on any atom is 0.269 e. The molecule has 1 rings (SSSR count). The van der Waals surface area contributed by atoms with Crippen LogP contribution in [0, 0.1) is 10.1 Å². The Hall–Kier alpha value is -0.200. The van der Waals surface area contributed by atoms with Crippen molar-refractivity contribution >= 4 is 52.5 Å². The molecular weight excluding hydrogens is 297 g/mol. The van der Waals surface area contributed by atoms with Gasteiger partial charge in [0.2, 0.25) is 0 Å². The molecule has 4 nitrogen and oxygen atoms in total. The Morgan fingerprint density at radius 2 is 1.88 bits per heavy atom. The van der Waals surface area contributed by atoms with Crippen LogP contribution in [0.25, 0.3) is 0 Å². The van der Waals surface area contributed by atoms with Crippen LogP contribution in [0.3, 0.4) is 0 Å². The second-order valence-corrected chi connectivity index (χ2v) is 6.68. The number of nitro groups is 1. The third-order valence-corrected chi connectivity index (χ3v) is 2.52. The summed E-state index contributed by atoms with van der Waals surface area (Å²) in [6.45, 7) is 0.205. The summed E-state index contributed by atoms with van der Waals surface area (Å²) in [7, 11) is 0. The number of benzene rings is 1. The van der Waals surface area contributed by atoms with Crippen molar-refractivity contribution in [2.45, 2.75) is 9.73 Å². The highest BCUT2D eigenvalue weighted by molar-refractivity contribution is 8.00. The zero-order valence-corrected chi connectivity index (χ0v) is 10.8. The monoisotopic (exact) mass is 301 g/mol. The van der Waals surface area contributed by atoms with E-state index in [2.05, 4.69) is 0 Å². The van der Waals surface area contributed by atoms with Gasteiger partial charge in [-0.25, -0.2) is 0 Å². The van der Waals surface area contributed by atoms with Gasteiger partial charge in [0.25, 0.3) is 8.81 Å². The summed E-state index contributed by atoms with van der Waals surface area (Å²) in [6.07, 6.45) is 0. The lowest BCUT2D eigenvalue weighted by Gasteiger charge is -2.09. The Kier molecular flexibility index (Phi) is 5.14. The first-order valence-electron chi connectivity index (χ1n) is 3.99. The minimum Gasteiger partial charge on any atom is -0.306 e. The lowest BCUT2D eigenvalue weighted by molar-refractivity contribution is -0.384. The molecular formula is C8H6Cl3NO3S. The zero-order chi connectivity index (χ0) is 12.2. The van der Waals surface area contributed by atoms with Crippen molar-refractivity contribution in [3.05, 3.63) is 39.9 Å². The van der Waals surface area contributed by atoms with E-state index in [0.717, 1.165) is 5.56 Å². The molecule has 0 fully saturated rings. The Morgan fingerprint density at radius 1 is 1.31 bits per heavy atom. The lowest BCUT2D eigenvalue weighted by atomic mass is 10.2. The van der Waals surface area contributed by atoms with Gasteiger partial charge < -0.3 is 4.18 Å². The minimum atomic E-state index is -1.53. The molecule has 0 amide bonds. The highest BCUT2D eigenvalue weighted by Crippen LogP contribution is 2.39. The molecule has 0 N–H and O–H groups in total. The molecule has 0 saturated carbocycles. The van der Waals surface area contributed by atoms with Crippen molar-refractivity contribution in [2.24, 2.45) is 0 Å². The van der Waals surface area contributed by atoms with Crippen LogP contribution in [0.5, 0.6) is 0 Å². The summed E-state index contributed by atoms with van der Waals surface area (Å²) >= 11 is 17.0. The number of nitro benzene ring substituents is 1. The summed E-state index contributed by atoms with van der Waals surface area (Å²) in [6, 6.07) is 5.94. The van der Waals surface area contributed by atoms with Gasteiger partial charge in [-0.1, -0.05) is 34.8 Å². The third-order valence-electron chi connectivity index (χ3n) is 1.53. The molecule has 0 atom stereocenters. The van der Waals surface area contributed by atoms with E-state index in [1.165, 1.54) is 12.1 Å². The van der Waals surface area contributed by atoms with Gasteiger partial charge >= 0.3 is 0 Å². The van der Waals surface area contributed by atoms with Crippen LogP contribution in [-0.2, 0) is 10.8 Å². The molecule has 1 aromatic carbocycles. The quantitative estimate of drug-likeness (QED) is 0.364. The highest BCUT2D eigenvalue weighted by Gasteiger charge is 2.21. The molecule has 0 aliphatic heterocycles. The first kappa shape index (κ1) is 13.9. The molecule has 8 heteroatoms. The number of non-ortho nitro benzene ring substituents is 1. The van der Waals surface area contributed by atoms with Gasteiger partial charge in [0.05, 0.1) is 11.5 Å². The van der Waals surface area contributed by atoms with Gasteiger partial charge in [0, 0.05) is 24.2 Å². The number of rotatable bonds is 4. The number of alkyl halides is 3. The van der Waals surface area contributed by atoms with E-state index in [4.69, 9.17) is 39.0 Å². The van der Waals surface area contributed by atoms with Gasteiger partial charge in [-0.3, -0.25) is 10.1 Å². The maximum atomic E-state index is 10.4. The van der Waals surface area contributed by atoms with E-state index in [9.17, 15) is 10.1 Å². The van der Waals surface area contributed by atoms with Crippen molar-refractivity contribution < 1.29 is 9.11 Å². The van der Waals surface area contributed by atoms with Crippen LogP contribution in [0.4, 0.5) is 5.69 Å². The lowest BCUT2D eigenvalue weighted by Crippen LogP contribution is -1.96. The number of halogens is 3. The van der Waals surface area contributed by atoms with Gasteiger partial charge in [0.15, 0.2) is 0 Å². The van der Waals surface area contributed by atoms with Crippen LogP contribution in [-0.4, -0.2) is 8.05 Å². The van der Waals surface area contributed by atoms with Crippen molar-refractivity contribution in [1.29, 1.82) is 0 Å². The topological polar surface area (TPSA) is 52.4 Å². The largest absolute Gasteiger partial charge is 0.306 e. The number of hydrogen-bond acceptors (Lipinski definition) is 4. The number of nitrogens with zero attached hydrogens (tertiary/aromatic N) is 1. The average Bonchev–Trinajstić information content (AvgIpc) is 2.16. The smallest absolute Gasteiger partial charge is 0.269 e. The number of hydrogen-bond donors (Lipinski definition) is 0. The Balaban J connectivity index is 2.47. The highest BCUT2D eigenvalue weighted by atomic mass is 35.6. The summed E-state index contributed by atoms with van der Waals surface area (Å²) < 4.78 is 3.51. The normalized spacial score (nSPS) is 11.4. The van der Waals surface area contributed by atoms with Crippen molar-refractivity contribution in [1.82, 2.24) is 0 Å². The molecule has 0 unspecified atom stereocenters. The van der Waals surface area contributed by atoms with E-state index < -0.39 is 8.05 Å². The molecule has 0 aromatic heterocycles. The molecule has 0 radical (unpaired) electrons. The van der Waals surface area contributed by atoms with E-state index in [1.807, 2.05) is 0 Å². The minimum absolute atomic E-state index is 0.0257. The molecule has 0 spiro atoms. The third kappa shape index (κ3) is 5.23. The van der Waals surface area contributed by atoms with E-state index >= 15 is 0 Å². The molecule has 0 aliphatic rings. The first-order chi connectivity index (χ1) is 7.38. The molecule has 16 heavy (non-hydrogen) atoms. The standard InChI is InChI=1S/C8H6Cl3NO3S/c9-8(10,11)16-15-5-6-1-3-7(4-2-6)12(13)14/h1-4H,5H2. The van der Waals surface area contributed by atoms with Gasteiger partial charge in [-0.2, -0.15) is 0 Å². The molecule has 0 bridgehead atoms. The summed E-state index contributed by atoms with van der Waals surface area (Å²) in [5.41, 5.74) is 0.783. The Morgan fingerprint density at radius 3 is 2.31 bits per heavy atom. The molecule has 1 aromatic rings. The fourth-order valence-electron chi connectivity index (χ4n) is 0.878. The second kappa shape index (κ2) is 5.93. The summed E-state index contributed by atoms with van der Waals surface area (Å²) in [5, 5.41) is 10.4. The SMILES string of the molecule is O=[N+]([O-])c1ccc(COSC(Cl)(Cl)Cl)cc1. The van der Waals surface area contributed by atoms with Crippen molar-refractivity contribution in [2.75, 3.05) is 0 Å². The van der Waals surface area contributed by atoms with E-state index in [-0.39, 0.29) is 12.3 Å². The second-order valence-electron chi connectivity index (χ2n) is 2.71. The van der Waals surface area contributed by atoms with Crippen LogP contribution < -0.4 is 0 Å². The summed E-state index contributed by atoms with van der Waals surface area (Å²) in [5.74, 6) is 0. The van der Waals surface area contributed by atoms with Gasteiger partial charge in [-0.15, -0.1) is 0 Å².